The van der Waals surface area contributed by atoms with Crippen molar-refractivity contribution < 1.29 is 31.2 Å². The molecule has 1 N–H and O–H groups in total. The van der Waals surface area contributed by atoms with Gasteiger partial charge in [0.25, 0.3) is 5.91 Å². The van der Waals surface area contributed by atoms with Crippen LogP contribution in [0.1, 0.15) is 32.6 Å². The monoisotopic (exact) mass is 458 g/mol. The molecular weight excluding hydrogens is 432 g/mol. The zero-order valence-electron chi connectivity index (χ0n) is 16.7. The Morgan fingerprint density at radius 1 is 1.23 bits per heavy atom. The molecule has 166 valence electrons. The predicted octanol–water partition coefficient (Wildman–Crippen LogP) is 0.466. The van der Waals surface area contributed by atoms with Crippen LogP contribution in [-0.2, 0) is 34.2 Å². The van der Waals surface area contributed by atoms with Crippen LogP contribution in [0.25, 0.3) is 0 Å². The average molecular weight is 459 g/mol. The Labute approximate surface area is 176 Å². The summed E-state index contributed by atoms with van der Waals surface area (Å²) in [7, 11) is -7.06. The van der Waals surface area contributed by atoms with Crippen LogP contribution in [0.5, 0.6) is 0 Å². The van der Waals surface area contributed by atoms with E-state index in [9.17, 15) is 26.4 Å². The summed E-state index contributed by atoms with van der Waals surface area (Å²) in [6.07, 6.45) is 1.90. The second-order valence-corrected chi connectivity index (χ2v) is 12.1. The molecule has 2 saturated heterocycles. The van der Waals surface area contributed by atoms with Gasteiger partial charge in [0.05, 0.1) is 21.9 Å². The second-order valence-electron chi connectivity index (χ2n) is 8.00. The van der Waals surface area contributed by atoms with Gasteiger partial charge >= 0.3 is 5.97 Å². The molecule has 2 aliphatic rings. The van der Waals surface area contributed by atoms with Crippen molar-refractivity contribution in [1.29, 1.82) is 0 Å². The number of ether oxygens (including phenoxy) is 1. The highest BCUT2D eigenvalue weighted by molar-refractivity contribution is 7.91. The van der Waals surface area contributed by atoms with E-state index >= 15 is 0 Å². The van der Waals surface area contributed by atoms with E-state index < -0.39 is 49.9 Å². The van der Waals surface area contributed by atoms with Crippen LogP contribution in [0, 0.1) is 0 Å². The molecule has 0 saturated carbocycles. The smallest absolute Gasteiger partial charge is 0.324 e. The molecule has 2 heterocycles. The fraction of sp³-hybridized carbons (Fsp3) is 0.579. The highest BCUT2D eigenvalue weighted by atomic mass is 32.2. The first-order chi connectivity index (χ1) is 14.0. The van der Waals surface area contributed by atoms with E-state index in [-0.39, 0.29) is 22.9 Å². The summed E-state index contributed by atoms with van der Waals surface area (Å²) in [5.74, 6) is -1.56. The number of carbonyl (C=O) groups is 2. The van der Waals surface area contributed by atoms with E-state index in [0.717, 1.165) is 4.31 Å². The van der Waals surface area contributed by atoms with E-state index in [1.807, 2.05) is 0 Å². The first kappa shape index (κ1) is 22.7. The van der Waals surface area contributed by atoms with E-state index in [2.05, 4.69) is 5.32 Å². The van der Waals surface area contributed by atoms with Gasteiger partial charge in [0.2, 0.25) is 10.0 Å². The van der Waals surface area contributed by atoms with Gasteiger partial charge in [0, 0.05) is 6.54 Å². The van der Waals surface area contributed by atoms with E-state index in [0.29, 0.717) is 25.7 Å². The van der Waals surface area contributed by atoms with Gasteiger partial charge in [0.1, 0.15) is 6.04 Å². The summed E-state index contributed by atoms with van der Waals surface area (Å²) in [6, 6.07) is 6.86. The summed E-state index contributed by atoms with van der Waals surface area (Å²) in [5.41, 5.74) is -0.893. The number of sulfonamides is 1. The summed E-state index contributed by atoms with van der Waals surface area (Å²) < 4.78 is 55.4. The van der Waals surface area contributed by atoms with Gasteiger partial charge < -0.3 is 10.1 Å². The Bertz CT molecular complexity index is 1010. The predicted molar refractivity (Wildman–Crippen MR) is 109 cm³/mol. The zero-order chi connectivity index (χ0) is 22.0. The Kier molecular flexibility index (Phi) is 6.54. The van der Waals surface area contributed by atoms with Gasteiger partial charge in [-0.3, -0.25) is 9.59 Å². The molecule has 0 aliphatic carbocycles. The van der Waals surface area contributed by atoms with Gasteiger partial charge in [-0.2, -0.15) is 4.31 Å². The van der Waals surface area contributed by atoms with E-state index in [1.165, 1.54) is 12.1 Å². The number of hydrogen-bond acceptors (Lipinski definition) is 7. The van der Waals surface area contributed by atoms with Crippen molar-refractivity contribution in [3.8, 4) is 0 Å². The molecule has 2 atom stereocenters. The lowest BCUT2D eigenvalue weighted by molar-refractivity contribution is -0.153. The number of piperidine rings is 1. The maximum atomic E-state index is 13.0. The Balaban J connectivity index is 1.63. The Morgan fingerprint density at radius 3 is 2.57 bits per heavy atom. The van der Waals surface area contributed by atoms with Gasteiger partial charge in [-0.05, 0) is 44.7 Å². The zero-order valence-corrected chi connectivity index (χ0v) is 18.4. The maximum Gasteiger partial charge on any atom is 0.324 e. The maximum absolute atomic E-state index is 13.0. The molecule has 30 heavy (non-hydrogen) atoms. The SMILES string of the molecule is C[C@]1(NC(=O)COC(=O)[C@H]2CCCCN2S(=O)(=O)c2ccccc2)CCS(=O)(=O)C1. The van der Waals surface area contributed by atoms with Crippen LogP contribution in [0.4, 0.5) is 0 Å². The number of esters is 1. The van der Waals surface area contributed by atoms with Crippen molar-refractivity contribution in [2.45, 2.75) is 49.1 Å². The molecule has 0 spiro atoms. The molecule has 9 nitrogen and oxygen atoms in total. The molecule has 0 aromatic heterocycles. The molecule has 0 bridgehead atoms. The van der Waals surface area contributed by atoms with Crippen molar-refractivity contribution in [3.05, 3.63) is 30.3 Å². The second kappa shape index (κ2) is 8.64. The lowest BCUT2D eigenvalue weighted by Crippen LogP contribution is -2.50. The third kappa shape index (κ3) is 5.19. The lowest BCUT2D eigenvalue weighted by atomic mass is 10.0. The third-order valence-electron chi connectivity index (χ3n) is 5.37. The van der Waals surface area contributed by atoms with Crippen LogP contribution < -0.4 is 5.32 Å². The largest absolute Gasteiger partial charge is 0.454 e. The first-order valence-corrected chi connectivity index (χ1v) is 13.0. The van der Waals surface area contributed by atoms with Crippen LogP contribution in [-0.4, -0.2) is 69.3 Å². The quantitative estimate of drug-likeness (QED) is 0.614. The van der Waals surface area contributed by atoms with Crippen LogP contribution in [0.15, 0.2) is 35.2 Å². The van der Waals surface area contributed by atoms with Crippen molar-refractivity contribution in [3.63, 3.8) is 0 Å². The molecule has 1 aromatic rings. The van der Waals surface area contributed by atoms with E-state index in [4.69, 9.17) is 4.74 Å². The molecule has 1 aromatic carbocycles. The highest BCUT2D eigenvalue weighted by Gasteiger charge is 2.41. The third-order valence-corrected chi connectivity index (χ3v) is 9.19. The number of amides is 1. The summed E-state index contributed by atoms with van der Waals surface area (Å²) >= 11 is 0. The summed E-state index contributed by atoms with van der Waals surface area (Å²) in [4.78, 5) is 24.9. The van der Waals surface area contributed by atoms with Crippen LogP contribution in [0.3, 0.4) is 0 Å². The molecular formula is C19H26N2O7S2. The number of nitrogens with one attached hydrogen (secondary N) is 1. The standard InChI is InChI=1S/C19H26N2O7S2/c1-19(10-12-29(24,25)14-19)20-17(22)13-28-18(23)16-9-5-6-11-21(16)30(26,27)15-7-3-2-4-8-15/h2-4,7-8,16H,5-6,9-14H2,1H3,(H,20,22)/t16-,19+/m1/s1. The fourth-order valence-electron chi connectivity index (χ4n) is 3.87. The van der Waals surface area contributed by atoms with E-state index in [1.54, 1.807) is 25.1 Å². The van der Waals surface area contributed by atoms with Gasteiger partial charge in [-0.1, -0.05) is 18.2 Å². The van der Waals surface area contributed by atoms with Crippen molar-refractivity contribution in [2.75, 3.05) is 24.7 Å². The minimum absolute atomic E-state index is 0.00204. The van der Waals surface area contributed by atoms with Crippen molar-refractivity contribution in [1.82, 2.24) is 9.62 Å². The number of sulfone groups is 1. The van der Waals surface area contributed by atoms with Gasteiger partial charge in [0.15, 0.2) is 16.4 Å². The number of carbonyl (C=O) groups excluding carboxylic acids is 2. The molecule has 1 amide bonds. The topological polar surface area (TPSA) is 127 Å². The van der Waals surface area contributed by atoms with Crippen molar-refractivity contribution >= 4 is 31.7 Å². The van der Waals surface area contributed by atoms with Crippen LogP contribution in [0.2, 0.25) is 0 Å². The molecule has 2 fully saturated rings. The molecule has 0 unspecified atom stereocenters. The Hall–Kier alpha value is -1.98. The minimum atomic E-state index is -3.87. The number of benzene rings is 1. The fourth-order valence-corrected chi connectivity index (χ4v) is 7.63. The normalized spacial score (nSPS) is 26.8. The lowest BCUT2D eigenvalue weighted by Gasteiger charge is -2.33. The molecule has 3 rings (SSSR count). The van der Waals surface area contributed by atoms with Gasteiger partial charge in [-0.15, -0.1) is 0 Å². The van der Waals surface area contributed by atoms with Gasteiger partial charge in [-0.25, -0.2) is 16.8 Å². The summed E-state index contributed by atoms with van der Waals surface area (Å²) in [6.45, 7) is 1.23. The average Bonchev–Trinajstić information content (AvgIpc) is 2.99. The molecule has 11 heteroatoms. The number of hydrogen-bond donors (Lipinski definition) is 1. The van der Waals surface area contributed by atoms with Crippen molar-refractivity contribution in [2.24, 2.45) is 0 Å². The number of rotatable bonds is 6. The summed E-state index contributed by atoms with van der Waals surface area (Å²) in [5, 5.41) is 2.61. The van der Waals surface area contributed by atoms with Crippen LogP contribution >= 0.6 is 0 Å². The molecule has 0 radical (unpaired) electrons. The minimum Gasteiger partial charge on any atom is -0.454 e. The highest BCUT2D eigenvalue weighted by Crippen LogP contribution is 2.26. The molecule has 2 aliphatic heterocycles. The first-order valence-electron chi connectivity index (χ1n) is 9.77. The number of nitrogens with zero attached hydrogens (tertiary/aromatic N) is 1. The Morgan fingerprint density at radius 2 is 1.93 bits per heavy atom.